The molecule has 1 rings (SSSR count). The van der Waals surface area contributed by atoms with Crippen LogP contribution in [0.15, 0.2) is 18.2 Å². The quantitative estimate of drug-likeness (QED) is 0.819. The largest absolute Gasteiger partial charge is 0.352 e. The third-order valence-corrected chi connectivity index (χ3v) is 4.21. The number of carbonyl (C=O) groups is 1. The van der Waals surface area contributed by atoms with E-state index in [4.69, 9.17) is 11.6 Å². The van der Waals surface area contributed by atoms with Gasteiger partial charge in [-0.2, -0.15) is 0 Å². The second-order valence-electron chi connectivity index (χ2n) is 3.96. The first-order valence-corrected chi connectivity index (χ1v) is 7.03. The van der Waals surface area contributed by atoms with Gasteiger partial charge >= 0.3 is 0 Å². The molecule has 0 saturated heterocycles. The Morgan fingerprint density at radius 1 is 1.53 bits per heavy atom. The Hall–Kier alpha value is -0.540. The summed E-state index contributed by atoms with van der Waals surface area (Å²) in [6, 6.07) is 5.38. The highest BCUT2D eigenvalue weighted by molar-refractivity contribution is 9.09. The molecule has 1 aromatic rings. The lowest BCUT2D eigenvalue weighted by molar-refractivity contribution is 0.0952. The first-order valence-electron chi connectivity index (χ1n) is 5.73. The molecule has 0 saturated carbocycles. The molecule has 0 radical (unpaired) electrons. The Morgan fingerprint density at radius 2 is 2.24 bits per heavy atom. The maximum Gasteiger partial charge on any atom is 0.251 e. The molecule has 1 unspecified atom stereocenters. The van der Waals surface area contributed by atoms with Crippen LogP contribution in [0.1, 0.15) is 35.7 Å². The zero-order valence-corrected chi connectivity index (χ0v) is 12.4. The first kappa shape index (κ1) is 14.5. The van der Waals surface area contributed by atoms with E-state index in [1.54, 1.807) is 18.2 Å². The number of carbonyl (C=O) groups excluding carboxylic acids is 1. The fourth-order valence-electron chi connectivity index (χ4n) is 1.50. The summed E-state index contributed by atoms with van der Waals surface area (Å²) in [5, 5.41) is 3.53. The van der Waals surface area contributed by atoms with Crippen molar-refractivity contribution in [1.29, 1.82) is 0 Å². The van der Waals surface area contributed by atoms with E-state index in [9.17, 15) is 4.79 Å². The van der Waals surface area contributed by atoms with Gasteiger partial charge < -0.3 is 5.32 Å². The molecule has 2 nitrogen and oxygen atoms in total. The van der Waals surface area contributed by atoms with Crippen molar-refractivity contribution in [3.8, 4) is 0 Å². The minimum Gasteiger partial charge on any atom is -0.352 e. The molecule has 94 valence electrons. The van der Waals surface area contributed by atoms with Crippen molar-refractivity contribution in [3.05, 3.63) is 34.3 Å². The number of hydrogen-bond donors (Lipinski definition) is 1. The summed E-state index contributed by atoms with van der Waals surface area (Å²) in [7, 11) is 0. The molecular formula is C13H17BrClNO. The van der Waals surface area contributed by atoms with Gasteiger partial charge in [0.15, 0.2) is 0 Å². The highest BCUT2D eigenvalue weighted by Crippen LogP contribution is 2.18. The molecule has 0 heterocycles. The van der Waals surface area contributed by atoms with E-state index in [0.717, 1.165) is 18.4 Å². The molecule has 0 bridgehead atoms. The van der Waals surface area contributed by atoms with Crippen LogP contribution in [0.5, 0.6) is 0 Å². The molecular weight excluding hydrogens is 302 g/mol. The summed E-state index contributed by atoms with van der Waals surface area (Å²) in [4.78, 5) is 12.4. The summed E-state index contributed by atoms with van der Waals surface area (Å²) >= 11 is 9.51. The third kappa shape index (κ3) is 4.32. The smallest absolute Gasteiger partial charge is 0.251 e. The number of hydrogen-bond acceptors (Lipinski definition) is 1. The molecule has 4 heteroatoms. The van der Waals surface area contributed by atoms with Crippen LogP contribution in [-0.4, -0.2) is 17.3 Å². The van der Waals surface area contributed by atoms with Crippen molar-refractivity contribution in [2.45, 2.75) is 31.5 Å². The van der Waals surface area contributed by atoms with E-state index in [1.165, 1.54) is 0 Å². The lowest BCUT2D eigenvalue weighted by Gasteiger charge is -2.10. The van der Waals surface area contributed by atoms with Crippen molar-refractivity contribution < 1.29 is 4.79 Å². The predicted molar refractivity (Wildman–Crippen MR) is 76.1 cm³/mol. The second kappa shape index (κ2) is 7.02. The summed E-state index contributed by atoms with van der Waals surface area (Å²) < 4.78 is 0. The molecule has 0 spiro atoms. The lowest BCUT2D eigenvalue weighted by atomic mass is 10.1. The van der Waals surface area contributed by atoms with Crippen LogP contribution in [0.3, 0.4) is 0 Å². The molecule has 1 aromatic carbocycles. The van der Waals surface area contributed by atoms with Crippen LogP contribution in [0.2, 0.25) is 5.02 Å². The van der Waals surface area contributed by atoms with Crippen LogP contribution >= 0.6 is 27.5 Å². The van der Waals surface area contributed by atoms with Crippen molar-refractivity contribution in [2.24, 2.45) is 0 Å². The molecule has 1 atom stereocenters. The Bertz CT molecular complexity index is 395. The van der Waals surface area contributed by atoms with Crippen LogP contribution in [0, 0.1) is 6.92 Å². The van der Waals surface area contributed by atoms with Crippen molar-refractivity contribution in [1.82, 2.24) is 5.32 Å². The molecule has 0 aliphatic heterocycles. The minimum absolute atomic E-state index is 0.0548. The van der Waals surface area contributed by atoms with Gasteiger partial charge in [-0.25, -0.2) is 0 Å². The lowest BCUT2D eigenvalue weighted by Crippen LogP contribution is -2.26. The second-order valence-corrected chi connectivity index (χ2v) is 5.66. The Balaban J connectivity index is 2.56. The third-order valence-electron chi connectivity index (χ3n) is 2.70. The molecule has 17 heavy (non-hydrogen) atoms. The molecule has 1 amide bonds. The monoisotopic (exact) mass is 317 g/mol. The van der Waals surface area contributed by atoms with E-state index >= 15 is 0 Å². The van der Waals surface area contributed by atoms with Gasteiger partial charge in [0.1, 0.15) is 0 Å². The van der Waals surface area contributed by atoms with Gasteiger partial charge in [0.25, 0.3) is 5.91 Å². The zero-order chi connectivity index (χ0) is 12.8. The molecule has 1 N–H and O–H groups in total. The number of alkyl halides is 1. The maximum atomic E-state index is 11.9. The molecule has 0 fully saturated rings. The minimum atomic E-state index is -0.0548. The van der Waals surface area contributed by atoms with Crippen LogP contribution < -0.4 is 5.32 Å². The molecule has 0 aliphatic rings. The number of nitrogens with one attached hydrogen (secondary N) is 1. The molecule has 0 aromatic heterocycles. The highest BCUT2D eigenvalue weighted by Gasteiger charge is 2.10. The predicted octanol–water partition coefficient (Wildman–Crippen LogP) is 3.94. The Labute approximate surface area is 116 Å². The summed E-state index contributed by atoms with van der Waals surface area (Å²) in [6.45, 7) is 4.65. The Kier molecular flexibility index (Phi) is 6.00. The zero-order valence-electron chi connectivity index (χ0n) is 10.1. The van der Waals surface area contributed by atoms with Crippen LogP contribution in [-0.2, 0) is 0 Å². The van der Waals surface area contributed by atoms with E-state index in [2.05, 4.69) is 28.2 Å². The van der Waals surface area contributed by atoms with Gasteiger partial charge in [-0.1, -0.05) is 40.5 Å². The van der Waals surface area contributed by atoms with Gasteiger partial charge in [0.2, 0.25) is 0 Å². The normalized spacial score (nSPS) is 12.2. The average molecular weight is 319 g/mol. The number of rotatable bonds is 5. The van der Waals surface area contributed by atoms with Crippen LogP contribution in [0.4, 0.5) is 0 Å². The van der Waals surface area contributed by atoms with Crippen LogP contribution in [0.25, 0.3) is 0 Å². The Morgan fingerprint density at radius 3 is 2.88 bits per heavy atom. The summed E-state index contributed by atoms with van der Waals surface area (Å²) in [5.41, 5.74) is 1.48. The van der Waals surface area contributed by atoms with Gasteiger partial charge in [-0.3, -0.25) is 4.79 Å². The maximum absolute atomic E-state index is 11.9. The van der Waals surface area contributed by atoms with E-state index in [1.807, 2.05) is 6.92 Å². The van der Waals surface area contributed by atoms with Gasteiger partial charge in [0.05, 0.1) is 0 Å². The van der Waals surface area contributed by atoms with Crippen molar-refractivity contribution in [3.63, 3.8) is 0 Å². The number of amides is 1. The van der Waals surface area contributed by atoms with E-state index < -0.39 is 0 Å². The first-order chi connectivity index (χ1) is 8.06. The number of halogens is 2. The van der Waals surface area contributed by atoms with Crippen molar-refractivity contribution in [2.75, 3.05) is 6.54 Å². The van der Waals surface area contributed by atoms with E-state index in [-0.39, 0.29) is 5.91 Å². The topological polar surface area (TPSA) is 29.1 Å². The fourth-order valence-corrected chi connectivity index (χ4v) is 1.90. The van der Waals surface area contributed by atoms with E-state index in [0.29, 0.717) is 22.0 Å². The standard InChI is InChI=1S/C13H17BrClNO/c1-3-10(14)7-8-16-13(17)11-5-4-6-12(15)9(11)2/h4-6,10H,3,7-8H2,1-2H3,(H,16,17). The van der Waals surface area contributed by atoms with Gasteiger partial charge in [-0.05, 0) is 37.5 Å². The van der Waals surface area contributed by atoms with Gasteiger partial charge in [-0.15, -0.1) is 0 Å². The fraction of sp³-hybridized carbons (Fsp3) is 0.462. The number of benzene rings is 1. The van der Waals surface area contributed by atoms with Gasteiger partial charge in [0, 0.05) is 22.0 Å². The highest BCUT2D eigenvalue weighted by atomic mass is 79.9. The molecule has 0 aliphatic carbocycles. The summed E-state index contributed by atoms with van der Waals surface area (Å²) in [6.07, 6.45) is 1.99. The average Bonchev–Trinajstić information content (AvgIpc) is 2.32. The SMILES string of the molecule is CCC(Br)CCNC(=O)c1cccc(Cl)c1C. The summed E-state index contributed by atoms with van der Waals surface area (Å²) in [5.74, 6) is -0.0548. The van der Waals surface area contributed by atoms with Crippen molar-refractivity contribution >= 4 is 33.4 Å².